The molecule has 1 unspecified atom stereocenters. The minimum atomic E-state index is -0.0671. The Morgan fingerprint density at radius 1 is 0.902 bits per heavy atom. The van der Waals surface area contributed by atoms with Gasteiger partial charge in [-0.25, -0.2) is 0 Å². The van der Waals surface area contributed by atoms with Crippen molar-refractivity contribution in [1.29, 1.82) is 0 Å². The summed E-state index contributed by atoms with van der Waals surface area (Å²) in [6, 6.07) is 21.7. The molecule has 4 aromatic rings. The fourth-order valence-corrected chi connectivity index (χ4v) is 4.80. The number of hydrogen-bond acceptors (Lipinski definition) is 7. The zero-order valence-electron chi connectivity index (χ0n) is 24.8. The Balaban J connectivity index is 1.50. The third-order valence-electron chi connectivity index (χ3n) is 7.09. The molecule has 41 heavy (non-hydrogen) atoms. The topological polar surface area (TPSA) is 76.2 Å². The third-order valence-corrected chi connectivity index (χ3v) is 7.09. The second kappa shape index (κ2) is 13.7. The van der Waals surface area contributed by atoms with Gasteiger partial charge in [-0.1, -0.05) is 18.2 Å². The van der Waals surface area contributed by atoms with Gasteiger partial charge in [-0.05, 0) is 61.7 Å². The number of nitrogens with zero attached hydrogens (tertiary/aromatic N) is 3. The normalized spacial score (nSPS) is 11.6. The lowest BCUT2D eigenvalue weighted by Gasteiger charge is -2.25. The van der Waals surface area contributed by atoms with Crippen LogP contribution in [0.25, 0.3) is 10.9 Å². The van der Waals surface area contributed by atoms with E-state index in [1.54, 1.807) is 45.7 Å². The molecule has 8 nitrogen and oxygen atoms in total. The van der Waals surface area contributed by atoms with E-state index in [1.807, 2.05) is 43.3 Å². The maximum atomic E-state index is 13.8. The molecule has 4 rings (SSSR count). The lowest BCUT2D eigenvalue weighted by atomic mass is 10.1. The van der Waals surface area contributed by atoms with Gasteiger partial charge in [0, 0.05) is 68.2 Å². The fourth-order valence-electron chi connectivity index (χ4n) is 4.80. The van der Waals surface area contributed by atoms with Crippen LogP contribution in [0.2, 0.25) is 0 Å². The van der Waals surface area contributed by atoms with Crippen LogP contribution in [0.15, 0.2) is 72.9 Å². The zero-order valence-corrected chi connectivity index (χ0v) is 24.8. The lowest BCUT2D eigenvalue weighted by Crippen LogP contribution is -2.32. The minimum absolute atomic E-state index is 0.0671. The van der Waals surface area contributed by atoms with Gasteiger partial charge in [-0.3, -0.25) is 9.78 Å². The first kappa shape index (κ1) is 29.5. The summed E-state index contributed by atoms with van der Waals surface area (Å²) in [7, 11) is 8.87. The molecule has 216 valence electrons. The van der Waals surface area contributed by atoms with Gasteiger partial charge in [-0.2, -0.15) is 0 Å². The van der Waals surface area contributed by atoms with Gasteiger partial charge in [-0.15, -0.1) is 0 Å². The smallest absolute Gasteiger partial charge is 0.254 e. The number of methoxy groups -OCH3 is 3. The van der Waals surface area contributed by atoms with Crippen molar-refractivity contribution in [2.45, 2.75) is 32.4 Å². The number of anilines is 2. The molecule has 1 atom stereocenters. The van der Waals surface area contributed by atoms with Crippen LogP contribution in [0, 0.1) is 0 Å². The van der Waals surface area contributed by atoms with Gasteiger partial charge in [0.1, 0.15) is 17.2 Å². The van der Waals surface area contributed by atoms with Crippen LogP contribution in [0.3, 0.4) is 0 Å². The van der Waals surface area contributed by atoms with Gasteiger partial charge in [0.05, 0.1) is 32.5 Å². The van der Waals surface area contributed by atoms with Crippen molar-refractivity contribution in [2.24, 2.45) is 0 Å². The summed E-state index contributed by atoms with van der Waals surface area (Å²) in [4.78, 5) is 22.3. The second-order valence-corrected chi connectivity index (χ2v) is 10.3. The molecule has 1 aromatic heterocycles. The molecule has 0 aliphatic rings. The molecule has 1 N–H and O–H groups in total. The molecule has 3 aromatic carbocycles. The minimum Gasteiger partial charge on any atom is -0.497 e. The highest BCUT2D eigenvalue weighted by atomic mass is 16.5. The number of hydrogen-bond donors (Lipinski definition) is 1. The van der Waals surface area contributed by atoms with Crippen LogP contribution in [0.4, 0.5) is 11.4 Å². The number of rotatable bonds is 13. The molecule has 0 saturated heterocycles. The number of ether oxygens (including phenoxy) is 3. The van der Waals surface area contributed by atoms with Crippen molar-refractivity contribution >= 4 is 28.2 Å². The van der Waals surface area contributed by atoms with E-state index in [4.69, 9.17) is 14.2 Å². The average molecular weight is 557 g/mol. The molecule has 0 bridgehead atoms. The van der Waals surface area contributed by atoms with Gasteiger partial charge in [0.15, 0.2) is 0 Å². The highest BCUT2D eigenvalue weighted by molar-refractivity contribution is 5.95. The monoisotopic (exact) mass is 556 g/mol. The molecule has 0 radical (unpaired) electrons. The number of fused-ring (bicyclic) bond motifs is 1. The molecule has 0 aliphatic heterocycles. The van der Waals surface area contributed by atoms with E-state index in [2.05, 4.69) is 46.4 Å². The Morgan fingerprint density at radius 3 is 2.20 bits per heavy atom. The number of amides is 1. The summed E-state index contributed by atoms with van der Waals surface area (Å²) in [5.41, 5.74) is 4.56. The van der Waals surface area contributed by atoms with Crippen LogP contribution in [-0.2, 0) is 6.54 Å². The van der Waals surface area contributed by atoms with Crippen LogP contribution < -0.4 is 24.4 Å². The van der Waals surface area contributed by atoms with Crippen LogP contribution in [0.5, 0.6) is 17.2 Å². The van der Waals surface area contributed by atoms with E-state index in [1.165, 1.54) is 0 Å². The summed E-state index contributed by atoms with van der Waals surface area (Å²) < 4.78 is 16.3. The highest BCUT2D eigenvalue weighted by Crippen LogP contribution is 2.29. The molecule has 1 amide bonds. The predicted molar refractivity (Wildman–Crippen MR) is 166 cm³/mol. The number of pyridine rings is 1. The maximum absolute atomic E-state index is 13.8. The van der Waals surface area contributed by atoms with Crippen molar-refractivity contribution in [3.05, 3.63) is 84.1 Å². The molecular weight excluding hydrogens is 516 g/mol. The number of benzene rings is 3. The van der Waals surface area contributed by atoms with E-state index in [9.17, 15) is 4.79 Å². The molecule has 1 heterocycles. The Hall–Kier alpha value is -4.46. The molecule has 0 aliphatic carbocycles. The van der Waals surface area contributed by atoms with Gasteiger partial charge >= 0.3 is 0 Å². The Bertz CT molecular complexity index is 1430. The Kier molecular flexibility index (Phi) is 9.90. The number of nitrogens with one attached hydrogen (secondary N) is 1. The molecule has 8 heteroatoms. The van der Waals surface area contributed by atoms with Crippen molar-refractivity contribution in [3.8, 4) is 17.2 Å². The third kappa shape index (κ3) is 7.60. The highest BCUT2D eigenvalue weighted by Gasteiger charge is 2.19. The first-order valence-corrected chi connectivity index (χ1v) is 13.8. The Morgan fingerprint density at radius 2 is 1.56 bits per heavy atom. The molecule has 0 saturated carbocycles. The first-order chi connectivity index (χ1) is 19.8. The van der Waals surface area contributed by atoms with Gasteiger partial charge < -0.3 is 29.3 Å². The van der Waals surface area contributed by atoms with Crippen molar-refractivity contribution in [3.63, 3.8) is 0 Å². The summed E-state index contributed by atoms with van der Waals surface area (Å²) in [6.07, 6.45) is 3.47. The van der Waals surface area contributed by atoms with Crippen LogP contribution in [0.1, 0.15) is 35.7 Å². The fraction of sp³-hybridized carbons (Fsp3) is 0.333. The second-order valence-electron chi connectivity index (χ2n) is 10.3. The number of carbonyl (C=O) groups is 1. The predicted octanol–water partition coefficient (Wildman–Crippen LogP) is 6.25. The maximum Gasteiger partial charge on any atom is 0.254 e. The molecule has 0 spiro atoms. The van der Waals surface area contributed by atoms with Crippen LogP contribution >= 0.6 is 0 Å². The standard InChI is InChI=1S/C33H40N4O4/c1-23(35-31-21-30(41-6)17-25-10-7-15-34-32(25)31)9-8-16-37(22-24-11-13-27(14-12-24)36(2)3)33(38)26-18-28(39-4)20-29(19-26)40-5/h7,10-15,17-21,23,35H,8-9,16,22H2,1-6H3. The van der Waals surface area contributed by atoms with E-state index < -0.39 is 0 Å². The van der Waals surface area contributed by atoms with Crippen LogP contribution in [-0.4, -0.2) is 63.8 Å². The average Bonchev–Trinajstić information content (AvgIpc) is 2.99. The van der Waals surface area contributed by atoms with Gasteiger partial charge in [0.2, 0.25) is 0 Å². The summed E-state index contributed by atoms with van der Waals surface area (Å²) >= 11 is 0. The summed E-state index contributed by atoms with van der Waals surface area (Å²) in [6.45, 7) is 3.24. The lowest BCUT2D eigenvalue weighted by molar-refractivity contribution is 0.0739. The molecule has 0 fully saturated rings. The van der Waals surface area contributed by atoms with Gasteiger partial charge in [0.25, 0.3) is 5.91 Å². The zero-order chi connectivity index (χ0) is 29.4. The largest absolute Gasteiger partial charge is 0.497 e. The summed E-state index contributed by atoms with van der Waals surface area (Å²) in [5, 5.41) is 4.63. The SMILES string of the molecule is COc1cc(OC)cc(C(=O)N(CCCC(C)Nc2cc(OC)cc3cccnc23)Cc2ccc(N(C)C)cc2)c1. The number of carbonyl (C=O) groups excluding carboxylic acids is 1. The van der Waals surface area contributed by atoms with Crippen molar-refractivity contribution < 1.29 is 19.0 Å². The van der Waals surface area contributed by atoms with Crippen molar-refractivity contribution in [2.75, 3.05) is 52.2 Å². The summed E-state index contributed by atoms with van der Waals surface area (Å²) in [5.74, 6) is 1.88. The first-order valence-electron chi connectivity index (χ1n) is 13.8. The van der Waals surface area contributed by atoms with E-state index in [-0.39, 0.29) is 11.9 Å². The van der Waals surface area contributed by atoms with Crippen molar-refractivity contribution in [1.82, 2.24) is 9.88 Å². The Labute approximate surface area is 242 Å². The van der Waals surface area contributed by atoms with E-state index in [0.29, 0.717) is 30.2 Å². The van der Waals surface area contributed by atoms with E-state index >= 15 is 0 Å². The van der Waals surface area contributed by atoms with E-state index in [0.717, 1.165) is 46.4 Å². The molecular formula is C33H40N4O4. The quantitative estimate of drug-likeness (QED) is 0.209. The number of aromatic nitrogens is 1.